The molecule has 0 spiro atoms. The summed E-state index contributed by atoms with van der Waals surface area (Å²) in [7, 11) is 0. The molecule has 0 aliphatic heterocycles. The summed E-state index contributed by atoms with van der Waals surface area (Å²) in [4.78, 5) is 11.0. The van der Waals surface area contributed by atoms with Gasteiger partial charge in [0, 0.05) is 23.6 Å². The van der Waals surface area contributed by atoms with Crippen LogP contribution in [0.5, 0.6) is 0 Å². The first-order chi connectivity index (χ1) is 8.61. The van der Waals surface area contributed by atoms with Crippen LogP contribution in [0.25, 0.3) is 0 Å². The molecule has 0 unspecified atom stereocenters. The molecular weight excluding hydrogens is 252 g/mol. The Labute approximate surface area is 108 Å². The molecule has 1 aromatic heterocycles. The summed E-state index contributed by atoms with van der Waals surface area (Å²) in [6.45, 7) is 4.72. The molecule has 0 radical (unpaired) electrons. The van der Waals surface area contributed by atoms with Crippen molar-refractivity contribution >= 4 is 17.4 Å². The summed E-state index contributed by atoms with van der Waals surface area (Å²) >= 11 is 1.45. The number of nitrogens with zero attached hydrogens (tertiary/aromatic N) is 4. The first-order valence-corrected chi connectivity index (χ1v) is 6.25. The van der Waals surface area contributed by atoms with E-state index in [0.29, 0.717) is 0 Å². The van der Waals surface area contributed by atoms with Gasteiger partial charge in [0.2, 0.25) is 0 Å². The van der Waals surface area contributed by atoms with Crippen LogP contribution in [0, 0.1) is 17.0 Å². The van der Waals surface area contributed by atoms with Crippen LogP contribution >= 0.6 is 11.8 Å². The number of non-ortho nitro benzene ring substituents is 1. The zero-order valence-corrected chi connectivity index (χ0v) is 10.8. The SMILES string of the molecule is CCn1c(C)nnc1Sc1ccc([N+](=O)[O-])cc1. The molecule has 0 saturated heterocycles. The maximum atomic E-state index is 10.5. The Kier molecular flexibility index (Phi) is 3.61. The van der Waals surface area contributed by atoms with E-state index in [1.54, 1.807) is 12.1 Å². The summed E-state index contributed by atoms with van der Waals surface area (Å²) in [6.07, 6.45) is 0. The van der Waals surface area contributed by atoms with Gasteiger partial charge < -0.3 is 4.57 Å². The van der Waals surface area contributed by atoms with Crippen molar-refractivity contribution in [2.45, 2.75) is 30.4 Å². The lowest BCUT2D eigenvalue weighted by atomic mass is 10.3. The zero-order valence-electron chi connectivity index (χ0n) is 10.0. The van der Waals surface area contributed by atoms with Gasteiger partial charge >= 0.3 is 0 Å². The van der Waals surface area contributed by atoms with Crippen LogP contribution < -0.4 is 0 Å². The third kappa shape index (κ3) is 2.51. The maximum Gasteiger partial charge on any atom is 0.269 e. The van der Waals surface area contributed by atoms with Crippen LogP contribution in [0.1, 0.15) is 12.7 Å². The molecule has 2 aromatic rings. The van der Waals surface area contributed by atoms with Crippen molar-refractivity contribution in [3.8, 4) is 0 Å². The lowest BCUT2D eigenvalue weighted by molar-refractivity contribution is -0.384. The number of nitro benzene ring substituents is 1. The molecule has 0 aliphatic carbocycles. The lowest BCUT2D eigenvalue weighted by Crippen LogP contribution is -1.98. The highest BCUT2D eigenvalue weighted by molar-refractivity contribution is 7.99. The molecule has 0 fully saturated rings. The maximum absolute atomic E-state index is 10.5. The Bertz CT molecular complexity index is 565. The van der Waals surface area contributed by atoms with E-state index in [4.69, 9.17) is 0 Å². The Balaban J connectivity index is 2.20. The van der Waals surface area contributed by atoms with Crippen molar-refractivity contribution in [3.63, 3.8) is 0 Å². The number of benzene rings is 1. The Morgan fingerprint density at radius 1 is 1.33 bits per heavy atom. The van der Waals surface area contributed by atoms with Crippen molar-refractivity contribution in [1.29, 1.82) is 0 Å². The molecule has 0 saturated carbocycles. The quantitative estimate of drug-likeness (QED) is 0.627. The average molecular weight is 264 g/mol. The topological polar surface area (TPSA) is 73.8 Å². The highest BCUT2D eigenvalue weighted by Crippen LogP contribution is 2.27. The summed E-state index contributed by atoms with van der Waals surface area (Å²) in [5.74, 6) is 0.863. The largest absolute Gasteiger partial charge is 0.306 e. The third-order valence-corrected chi connectivity index (χ3v) is 3.47. The van der Waals surface area contributed by atoms with Gasteiger partial charge in [0.15, 0.2) is 5.16 Å². The second-order valence-electron chi connectivity index (χ2n) is 3.63. The second kappa shape index (κ2) is 5.18. The molecule has 0 bridgehead atoms. The average Bonchev–Trinajstić information content (AvgIpc) is 2.70. The van der Waals surface area contributed by atoms with E-state index in [1.165, 1.54) is 23.9 Å². The van der Waals surface area contributed by atoms with Crippen LogP contribution in [-0.2, 0) is 6.54 Å². The van der Waals surface area contributed by atoms with Crippen LogP contribution in [0.3, 0.4) is 0 Å². The summed E-state index contributed by atoms with van der Waals surface area (Å²) in [5, 5.41) is 19.4. The summed E-state index contributed by atoms with van der Waals surface area (Å²) in [6, 6.07) is 6.41. The third-order valence-electron chi connectivity index (χ3n) is 2.47. The fourth-order valence-corrected chi connectivity index (χ4v) is 2.48. The first kappa shape index (κ1) is 12.6. The number of hydrogen-bond acceptors (Lipinski definition) is 5. The van der Waals surface area contributed by atoms with Crippen molar-refractivity contribution in [1.82, 2.24) is 14.8 Å². The van der Waals surface area contributed by atoms with Crippen molar-refractivity contribution < 1.29 is 4.92 Å². The van der Waals surface area contributed by atoms with E-state index < -0.39 is 4.92 Å². The Morgan fingerprint density at radius 3 is 2.56 bits per heavy atom. The van der Waals surface area contributed by atoms with Gasteiger partial charge in [-0.2, -0.15) is 0 Å². The van der Waals surface area contributed by atoms with Gasteiger partial charge in [-0.1, -0.05) is 0 Å². The number of aromatic nitrogens is 3. The van der Waals surface area contributed by atoms with Gasteiger partial charge in [0.1, 0.15) is 5.82 Å². The predicted octanol–water partition coefficient (Wildman–Crippen LogP) is 2.67. The van der Waals surface area contributed by atoms with E-state index in [1.807, 2.05) is 18.4 Å². The Morgan fingerprint density at radius 2 is 2.00 bits per heavy atom. The standard InChI is InChI=1S/C11H12N4O2S/c1-3-14-8(2)12-13-11(14)18-10-6-4-9(5-7-10)15(16)17/h4-7H,3H2,1-2H3. The van der Waals surface area contributed by atoms with Crippen LogP contribution in [-0.4, -0.2) is 19.7 Å². The molecular formula is C11H12N4O2S. The molecule has 0 aliphatic rings. The van der Waals surface area contributed by atoms with Crippen molar-refractivity contribution in [3.05, 3.63) is 40.2 Å². The lowest BCUT2D eigenvalue weighted by Gasteiger charge is -2.04. The van der Waals surface area contributed by atoms with E-state index in [2.05, 4.69) is 10.2 Å². The van der Waals surface area contributed by atoms with Gasteiger partial charge in [0.25, 0.3) is 5.69 Å². The first-order valence-electron chi connectivity index (χ1n) is 5.44. The number of nitro groups is 1. The minimum Gasteiger partial charge on any atom is -0.306 e. The van der Waals surface area contributed by atoms with Gasteiger partial charge in [-0.25, -0.2) is 0 Å². The summed E-state index contributed by atoms with van der Waals surface area (Å²) in [5.41, 5.74) is 0.0903. The molecule has 18 heavy (non-hydrogen) atoms. The smallest absolute Gasteiger partial charge is 0.269 e. The molecule has 7 heteroatoms. The minimum absolute atomic E-state index is 0.0903. The monoisotopic (exact) mass is 264 g/mol. The minimum atomic E-state index is -0.410. The van der Waals surface area contributed by atoms with Gasteiger partial charge in [-0.05, 0) is 37.7 Å². The zero-order chi connectivity index (χ0) is 13.1. The molecule has 1 heterocycles. The molecule has 6 nitrogen and oxygen atoms in total. The normalized spacial score (nSPS) is 10.6. The fourth-order valence-electron chi connectivity index (χ4n) is 1.54. The molecule has 0 atom stereocenters. The summed E-state index contributed by atoms with van der Waals surface area (Å²) < 4.78 is 1.99. The van der Waals surface area contributed by atoms with Crippen LogP contribution in [0.15, 0.2) is 34.3 Å². The van der Waals surface area contributed by atoms with Gasteiger partial charge in [0.05, 0.1) is 4.92 Å². The van der Waals surface area contributed by atoms with Gasteiger partial charge in [-0.3, -0.25) is 10.1 Å². The van der Waals surface area contributed by atoms with Crippen molar-refractivity contribution in [2.75, 3.05) is 0 Å². The highest BCUT2D eigenvalue weighted by atomic mass is 32.2. The fraction of sp³-hybridized carbons (Fsp3) is 0.273. The van der Waals surface area contributed by atoms with E-state index in [9.17, 15) is 10.1 Å². The number of aryl methyl sites for hydroxylation is 1. The van der Waals surface area contributed by atoms with E-state index in [-0.39, 0.29) is 5.69 Å². The predicted molar refractivity (Wildman–Crippen MR) is 67.7 cm³/mol. The van der Waals surface area contributed by atoms with E-state index in [0.717, 1.165) is 22.4 Å². The highest BCUT2D eigenvalue weighted by Gasteiger charge is 2.10. The molecule has 94 valence electrons. The van der Waals surface area contributed by atoms with Gasteiger partial charge in [-0.15, -0.1) is 10.2 Å². The number of rotatable bonds is 4. The van der Waals surface area contributed by atoms with Crippen LogP contribution in [0.2, 0.25) is 0 Å². The molecule has 2 rings (SSSR count). The van der Waals surface area contributed by atoms with E-state index >= 15 is 0 Å². The van der Waals surface area contributed by atoms with Crippen LogP contribution in [0.4, 0.5) is 5.69 Å². The second-order valence-corrected chi connectivity index (χ2v) is 4.67. The Hall–Kier alpha value is -1.89. The molecule has 1 aromatic carbocycles. The van der Waals surface area contributed by atoms with Crippen molar-refractivity contribution in [2.24, 2.45) is 0 Å². The molecule has 0 amide bonds. The number of hydrogen-bond donors (Lipinski definition) is 0. The molecule has 0 N–H and O–H groups in total.